The molecule has 0 saturated heterocycles. The van der Waals surface area contributed by atoms with E-state index in [2.05, 4.69) is 20.8 Å². The molecule has 0 rings (SSSR count). The molecule has 2 nitrogen and oxygen atoms in total. The molecule has 0 aromatic heterocycles. The predicted molar refractivity (Wildman–Crippen MR) is 53.6 cm³/mol. The van der Waals surface area contributed by atoms with Crippen LogP contribution in [-0.4, -0.2) is 11.6 Å². The molecule has 0 saturated carbocycles. The predicted octanol–water partition coefficient (Wildman–Crippen LogP) is 2.75. The minimum absolute atomic E-state index is 0.0467. The number of carbonyl (C=O) groups excluding carboxylic acids is 2. The summed E-state index contributed by atoms with van der Waals surface area (Å²) in [5, 5.41) is 0. The molecule has 0 aliphatic carbocycles. The zero-order valence-corrected chi connectivity index (χ0v) is 9.14. The van der Waals surface area contributed by atoms with Crippen LogP contribution in [0, 0.1) is 5.41 Å². The van der Waals surface area contributed by atoms with Gasteiger partial charge in [-0.3, -0.25) is 9.59 Å². The SMILES string of the molecule is CCC(=O)CC(=O)CC(C)(C)CC. The molecule has 0 amide bonds. The van der Waals surface area contributed by atoms with Crippen molar-refractivity contribution < 1.29 is 9.59 Å². The molecule has 0 aromatic carbocycles. The van der Waals surface area contributed by atoms with Crippen molar-refractivity contribution >= 4 is 11.6 Å². The second kappa shape index (κ2) is 5.15. The summed E-state index contributed by atoms with van der Waals surface area (Å²) in [7, 11) is 0. The van der Waals surface area contributed by atoms with Crippen LogP contribution in [0.4, 0.5) is 0 Å². The molecule has 0 spiro atoms. The smallest absolute Gasteiger partial charge is 0.140 e. The molecule has 0 bridgehead atoms. The van der Waals surface area contributed by atoms with Gasteiger partial charge in [-0.15, -0.1) is 0 Å². The van der Waals surface area contributed by atoms with Crippen molar-refractivity contribution in [3.63, 3.8) is 0 Å². The van der Waals surface area contributed by atoms with Gasteiger partial charge in [-0.2, -0.15) is 0 Å². The molecule has 2 heteroatoms. The van der Waals surface area contributed by atoms with Crippen LogP contribution in [0.25, 0.3) is 0 Å². The van der Waals surface area contributed by atoms with Crippen LogP contribution in [0.5, 0.6) is 0 Å². The maximum atomic E-state index is 11.4. The molecule has 0 aromatic rings. The Morgan fingerprint density at radius 3 is 2.00 bits per heavy atom. The lowest BCUT2D eigenvalue weighted by atomic mass is 9.84. The lowest BCUT2D eigenvalue weighted by Gasteiger charge is -2.20. The molecular weight excluding hydrogens is 164 g/mol. The van der Waals surface area contributed by atoms with E-state index < -0.39 is 0 Å². The highest BCUT2D eigenvalue weighted by Gasteiger charge is 2.20. The highest BCUT2D eigenvalue weighted by molar-refractivity contribution is 5.99. The Bertz CT molecular complexity index is 192. The van der Waals surface area contributed by atoms with Gasteiger partial charge < -0.3 is 0 Å². The van der Waals surface area contributed by atoms with Crippen LogP contribution in [0.2, 0.25) is 0 Å². The van der Waals surface area contributed by atoms with E-state index in [1.165, 1.54) is 0 Å². The molecule has 0 unspecified atom stereocenters. The third kappa shape index (κ3) is 5.56. The molecule has 0 atom stereocenters. The van der Waals surface area contributed by atoms with Crippen LogP contribution in [0.3, 0.4) is 0 Å². The largest absolute Gasteiger partial charge is 0.299 e. The first-order valence-corrected chi connectivity index (χ1v) is 4.94. The fourth-order valence-electron chi connectivity index (χ4n) is 1.07. The average molecular weight is 184 g/mol. The molecular formula is C11H20O2. The number of hydrogen-bond donors (Lipinski definition) is 0. The van der Waals surface area contributed by atoms with Gasteiger partial charge in [0.05, 0.1) is 6.42 Å². The zero-order valence-electron chi connectivity index (χ0n) is 9.14. The highest BCUT2D eigenvalue weighted by atomic mass is 16.1. The molecule has 0 heterocycles. The maximum absolute atomic E-state index is 11.4. The summed E-state index contributed by atoms with van der Waals surface area (Å²) in [4.78, 5) is 22.3. The summed E-state index contributed by atoms with van der Waals surface area (Å²) >= 11 is 0. The van der Waals surface area contributed by atoms with E-state index in [9.17, 15) is 9.59 Å². The quantitative estimate of drug-likeness (QED) is 0.595. The lowest BCUT2D eigenvalue weighted by molar-refractivity contribution is -0.127. The molecule has 0 radical (unpaired) electrons. The van der Waals surface area contributed by atoms with Gasteiger partial charge in [-0.05, 0) is 5.41 Å². The summed E-state index contributed by atoms with van der Waals surface area (Å²) in [6, 6.07) is 0. The minimum atomic E-state index is 0.0467. The Morgan fingerprint density at radius 1 is 1.08 bits per heavy atom. The van der Waals surface area contributed by atoms with Gasteiger partial charge in [-0.25, -0.2) is 0 Å². The number of hydrogen-bond acceptors (Lipinski definition) is 2. The fourth-order valence-corrected chi connectivity index (χ4v) is 1.07. The van der Waals surface area contributed by atoms with E-state index in [0.717, 1.165) is 6.42 Å². The minimum Gasteiger partial charge on any atom is -0.299 e. The van der Waals surface area contributed by atoms with Gasteiger partial charge in [0.25, 0.3) is 0 Å². The summed E-state index contributed by atoms with van der Waals surface area (Å²) < 4.78 is 0. The number of ketones is 2. The maximum Gasteiger partial charge on any atom is 0.140 e. The molecule has 0 fully saturated rings. The van der Waals surface area contributed by atoms with Gasteiger partial charge in [-0.1, -0.05) is 34.1 Å². The van der Waals surface area contributed by atoms with Gasteiger partial charge in [0.1, 0.15) is 11.6 Å². The lowest BCUT2D eigenvalue weighted by Crippen LogP contribution is -2.18. The van der Waals surface area contributed by atoms with Crippen molar-refractivity contribution in [2.45, 2.75) is 53.4 Å². The monoisotopic (exact) mass is 184 g/mol. The second-order valence-corrected chi connectivity index (χ2v) is 4.30. The van der Waals surface area contributed by atoms with E-state index in [0.29, 0.717) is 12.8 Å². The van der Waals surface area contributed by atoms with Crippen molar-refractivity contribution in [3.8, 4) is 0 Å². The first-order chi connectivity index (χ1) is 5.91. The van der Waals surface area contributed by atoms with E-state index in [1.807, 2.05) is 0 Å². The Morgan fingerprint density at radius 2 is 1.62 bits per heavy atom. The Balaban J connectivity index is 3.94. The van der Waals surface area contributed by atoms with Crippen molar-refractivity contribution in [1.29, 1.82) is 0 Å². The van der Waals surface area contributed by atoms with Gasteiger partial charge >= 0.3 is 0 Å². The fraction of sp³-hybridized carbons (Fsp3) is 0.818. The Kier molecular flexibility index (Phi) is 4.89. The van der Waals surface area contributed by atoms with E-state index in [1.54, 1.807) is 6.92 Å². The van der Waals surface area contributed by atoms with Crippen LogP contribution in [0.1, 0.15) is 53.4 Å². The van der Waals surface area contributed by atoms with Crippen LogP contribution in [-0.2, 0) is 9.59 Å². The summed E-state index contributed by atoms with van der Waals surface area (Å²) in [6.07, 6.45) is 2.09. The van der Waals surface area contributed by atoms with Crippen molar-refractivity contribution in [2.24, 2.45) is 5.41 Å². The standard InChI is InChI=1S/C11H20O2/c1-5-9(12)7-10(13)8-11(3,4)6-2/h5-8H2,1-4H3. The normalized spacial score (nSPS) is 11.4. The molecule has 0 aliphatic heterocycles. The molecule has 0 N–H and O–H groups in total. The zero-order chi connectivity index (χ0) is 10.5. The second-order valence-electron chi connectivity index (χ2n) is 4.30. The van der Waals surface area contributed by atoms with Crippen molar-refractivity contribution in [2.75, 3.05) is 0 Å². The van der Waals surface area contributed by atoms with E-state index >= 15 is 0 Å². The van der Waals surface area contributed by atoms with Crippen LogP contribution in [0.15, 0.2) is 0 Å². The molecule has 76 valence electrons. The van der Waals surface area contributed by atoms with Crippen LogP contribution >= 0.6 is 0 Å². The highest BCUT2D eigenvalue weighted by Crippen LogP contribution is 2.25. The average Bonchev–Trinajstić information content (AvgIpc) is 2.03. The first-order valence-electron chi connectivity index (χ1n) is 4.94. The van der Waals surface area contributed by atoms with Gasteiger partial charge in [0.15, 0.2) is 0 Å². The topological polar surface area (TPSA) is 34.1 Å². The number of carbonyl (C=O) groups is 2. The third-order valence-electron chi connectivity index (χ3n) is 2.42. The Hall–Kier alpha value is -0.660. The van der Waals surface area contributed by atoms with Gasteiger partial charge in [0.2, 0.25) is 0 Å². The van der Waals surface area contributed by atoms with Crippen molar-refractivity contribution in [3.05, 3.63) is 0 Å². The van der Waals surface area contributed by atoms with E-state index in [4.69, 9.17) is 0 Å². The van der Waals surface area contributed by atoms with Gasteiger partial charge in [0, 0.05) is 12.8 Å². The number of Topliss-reactive ketones (excluding diaryl/α,β-unsaturated/α-hetero) is 2. The summed E-state index contributed by atoms with van der Waals surface area (Å²) in [6.45, 7) is 7.97. The van der Waals surface area contributed by atoms with Crippen molar-refractivity contribution in [1.82, 2.24) is 0 Å². The number of rotatable bonds is 6. The Labute approximate surface area is 80.7 Å². The third-order valence-corrected chi connectivity index (χ3v) is 2.42. The molecule has 13 heavy (non-hydrogen) atoms. The summed E-state index contributed by atoms with van der Waals surface area (Å²) in [5.74, 6) is 0.135. The first kappa shape index (κ1) is 12.3. The summed E-state index contributed by atoms with van der Waals surface area (Å²) in [5.41, 5.74) is 0.0467. The molecule has 0 aliphatic rings. The van der Waals surface area contributed by atoms with E-state index in [-0.39, 0.29) is 23.4 Å². The van der Waals surface area contributed by atoms with Crippen LogP contribution < -0.4 is 0 Å².